The maximum Gasteiger partial charge on any atom is 0.240 e. The Balaban J connectivity index is 1.54. The molecular formula is C14H14FN3O2S. The Morgan fingerprint density at radius 3 is 2.76 bits per heavy atom. The summed E-state index contributed by atoms with van der Waals surface area (Å²) in [5.41, 5.74) is 0.511. The molecule has 2 fully saturated rings. The molecule has 5 nitrogen and oxygen atoms in total. The van der Waals surface area contributed by atoms with Gasteiger partial charge in [0.25, 0.3) is 0 Å². The topological polar surface area (TPSA) is 70.6 Å². The number of halogens is 1. The standard InChI is InChI=1S/C14H14FN3O2S/c15-8-1-3-9(4-2-8)16-12(19)7-11-13(20)18-14(21-11)17-10-5-6-10/h1-4,10-11H,5-7H2,(H,16,19)(H,17,18,20). The number of benzene rings is 1. The molecule has 1 atom stereocenters. The van der Waals surface area contributed by atoms with Gasteiger partial charge in [-0.3, -0.25) is 14.6 Å². The summed E-state index contributed by atoms with van der Waals surface area (Å²) in [5, 5.41) is 5.50. The average Bonchev–Trinajstić information content (AvgIpc) is 3.18. The van der Waals surface area contributed by atoms with Crippen LogP contribution >= 0.6 is 11.8 Å². The summed E-state index contributed by atoms with van der Waals surface area (Å²) in [6.07, 6.45) is 2.20. The molecule has 1 aliphatic heterocycles. The van der Waals surface area contributed by atoms with Crippen LogP contribution in [0.1, 0.15) is 19.3 Å². The molecule has 0 radical (unpaired) electrons. The predicted molar refractivity (Wildman–Crippen MR) is 79.6 cm³/mol. The maximum atomic E-state index is 12.8. The van der Waals surface area contributed by atoms with Gasteiger partial charge in [0, 0.05) is 12.1 Å². The van der Waals surface area contributed by atoms with E-state index in [0.29, 0.717) is 16.9 Å². The van der Waals surface area contributed by atoms with E-state index >= 15 is 0 Å². The minimum atomic E-state index is -0.456. The first-order valence-corrected chi connectivity index (χ1v) is 7.59. The van der Waals surface area contributed by atoms with Crippen LogP contribution in [0.15, 0.2) is 29.3 Å². The van der Waals surface area contributed by atoms with Crippen LogP contribution in [0.5, 0.6) is 0 Å². The fraction of sp³-hybridized carbons (Fsp3) is 0.357. The molecule has 3 rings (SSSR count). The molecule has 1 aliphatic carbocycles. The van der Waals surface area contributed by atoms with Crippen LogP contribution in [0, 0.1) is 5.82 Å². The van der Waals surface area contributed by atoms with Gasteiger partial charge in [-0.1, -0.05) is 11.8 Å². The van der Waals surface area contributed by atoms with E-state index in [9.17, 15) is 14.0 Å². The summed E-state index contributed by atoms with van der Waals surface area (Å²) in [6.45, 7) is 0. The number of thioether (sulfide) groups is 1. The van der Waals surface area contributed by atoms with Crippen LogP contribution < -0.4 is 10.6 Å². The van der Waals surface area contributed by atoms with Crippen LogP contribution in [0.25, 0.3) is 0 Å². The minimum absolute atomic E-state index is 0.0670. The lowest BCUT2D eigenvalue weighted by Gasteiger charge is -2.07. The number of rotatable bonds is 4. The second-order valence-electron chi connectivity index (χ2n) is 5.02. The van der Waals surface area contributed by atoms with Gasteiger partial charge in [0.1, 0.15) is 11.1 Å². The van der Waals surface area contributed by atoms with Gasteiger partial charge in [-0.05, 0) is 37.1 Å². The number of hydrogen-bond acceptors (Lipinski definition) is 4. The predicted octanol–water partition coefficient (Wildman–Crippen LogP) is 1.90. The number of amidine groups is 1. The third-order valence-corrected chi connectivity index (χ3v) is 4.22. The van der Waals surface area contributed by atoms with Crippen molar-refractivity contribution in [3.8, 4) is 0 Å². The van der Waals surface area contributed by atoms with Gasteiger partial charge in [0.15, 0.2) is 5.17 Å². The van der Waals surface area contributed by atoms with Crippen molar-refractivity contribution in [1.82, 2.24) is 5.32 Å². The lowest BCUT2D eigenvalue weighted by molar-refractivity contribution is -0.122. The summed E-state index contributed by atoms with van der Waals surface area (Å²) in [7, 11) is 0. The normalized spacial score (nSPS) is 23.2. The first-order valence-electron chi connectivity index (χ1n) is 6.71. The Morgan fingerprint density at radius 2 is 2.10 bits per heavy atom. The Morgan fingerprint density at radius 1 is 1.38 bits per heavy atom. The van der Waals surface area contributed by atoms with Crippen molar-refractivity contribution in [3.05, 3.63) is 30.1 Å². The van der Waals surface area contributed by atoms with Gasteiger partial charge in [0.2, 0.25) is 11.8 Å². The first-order chi connectivity index (χ1) is 10.1. The third-order valence-electron chi connectivity index (χ3n) is 3.12. The van der Waals surface area contributed by atoms with Gasteiger partial charge in [-0.15, -0.1) is 0 Å². The Kier molecular flexibility index (Phi) is 3.92. The van der Waals surface area contributed by atoms with Crippen LogP contribution in [0.4, 0.5) is 10.1 Å². The van der Waals surface area contributed by atoms with Gasteiger partial charge >= 0.3 is 0 Å². The smallest absolute Gasteiger partial charge is 0.240 e. The zero-order valence-corrected chi connectivity index (χ0v) is 12.0. The van der Waals surface area contributed by atoms with E-state index in [1.54, 1.807) is 0 Å². The monoisotopic (exact) mass is 307 g/mol. The van der Waals surface area contributed by atoms with Crippen LogP contribution in [0.3, 0.4) is 0 Å². The Bertz CT molecular complexity index is 599. The molecule has 0 spiro atoms. The highest BCUT2D eigenvalue weighted by Gasteiger charge is 2.33. The highest BCUT2D eigenvalue weighted by Crippen LogP contribution is 2.29. The quantitative estimate of drug-likeness (QED) is 0.892. The minimum Gasteiger partial charge on any atom is -0.326 e. The molecule has 1 aromatic rings. The largest absolute Gasteiger partial charge is 0.326 e. The summed E-state index contributed by atoms with van der Waals surface area (Å²) in [4.78, 5) is 28.0. The third kappa shape index (κ3) is 3.81. The molecule has 110 valence electrons. The van der Waals surface area contributed by atoms with E-state index in [4.69, 9.17) is 0 Å². The lowest BCUT2D eigenvalue weighted by Crippen LogP contribution is -2.28. The summed E-state index contributed by atoms with van der Waals surface area (Å²) >= 11 is 1.30. The first kappa shape index (κ1) is 14.1. The summed E-state index contributed by atoms with van der Waals surface area (Å²) < 4.78 is 12.8. The maximum absolute atomic E-state index is 12.8. The van der Waals surface area contributed by atoms with Crippen molar-refractivity contribution in [3.63, 3.8) is 0 Å². The fourth-order valence-electron chi connectivity index (χ4n) is 1.88. The number of nitrogens with one attached hydrogen (secondary N) is 2. The number of amides is 2. The Labute approximate surface area is 125 Å². The number of anilines is 1. The zero-order valence-electron chi connectivity index (χ0n) is 11.1. The lowest BCUT2D eigenvalue weighted by atomic mass is 10.2. The molecule has 21 heavy (non-hydrogen) atoms. The van der Waals surface area contributed by atoms with Gasteiger partial charge in [-0.25, -0.2) is 4.39 Å². The van der Waals surface area contributed by atoms with E-state index in [0.717, 1.165) is 12.8 Å². The summed E-state index contributed by atoms with van der Waals surface area (Å²) in [6, 6.07) is 5.84. The van der Waals surface area contributed by atoms with E-state index in [1.807, 2.05) is 0 Å². The molecule has 0 bridgehead atoms. The molecule has 0 aromatic heterocycles. The molecule has 7 heteroatoms. The molecule has 2 aliphatic rings. The van der Waals surface area contributed by atoms with Gasteiger partial charge in [0.05, 0.1) is 6.04 Å². The highest BCUT2D eigenvalue weighted by molar-refractivity contribution is 8.15. The second kappa shape index (κ2) is 5.85. The Hall–Kier alpha value is -1.89. The SMILES string of the molecule is O=C(CC1SC(=NC2CC2)NC1=O)Nc1ccc(F)cc1. The number of carbonyl (C=O) groups excluding carboxylic acids is 2. The number of aliphatic imine (C=N–C) groups is 1. The highest BCUT2D eigenvalue weighted by atomic mass is 32.2. The molecule has 1 saturated carbocycles. The van der Waals surface area contributed by atoms with E-state index in [-0.39, 0.29) is 24.1 Å². The molecule has 2 N–H and O–H groups in total. The number of hydrogen-bond donors (Lipinski definition) is 2. The molecule has 1 aromatic carbocycles. The van der Waals surface area contributed by atoms with Crippen molar-refractivity contribution < 1.29 is 14.0 Å². The van der Waals surface area contributed by atoms with Crippen molar-refractivity contribution in [2.75, 3.05) is 5.32 Å². The molecule has 1 heterocycles. The zero-order chi connectivity index (χ0) is 14.8. The van der Waals surface area contributed by atoms with E-state index < -0.39 is 5.25 Å². The average molecular weight is 307 g/mol. The molecule has 1 unspecified atom stereocenters. The van der Waals surface area contributed by atoms with Crippen LogP contribution in [-0.2, 0) is 9.59 Å². The molecule has 1 saturated heterocycles. The van der Waals surface area contributed by atoms with Gasteiger partial charge < -0.3 is 10.6 Å². The fourth-order valence-corrected chi connectivity index (χ4v) is 2.92. The van der Waals surface area contributed by atoms with Gasteiger partial charge in [-0.2, -0.15) is 0 Å². The number of nitrogens with zero attached hydrogens (tertiary/aromatic N) is 1. The van der Waals surface area contributed by atoms with Crippen molar-refractivity contribution in [1.29, 1.82) is 0 Å². The van der Waals surface area contributed by atoms with Crippen LogP contribution in [0.2, 0.25) is 0 Å². The number of carbonyl (C=O) groups is 2. The van der Waals surface area contributed by atoms with E-state index in [1.165, 1.54) is 36.0 Å². The molecular weight excluding hydrogens is 293 g/mol. The summed E-state index contributed by atoms with van der Waals surface area (Å²) in [5.74, 6) is -0.824. The van der Waals surface area contributed by atoms with Crippen LogP contribution in [-0.4, -0.2) is 28.3 Å². The van der Waals surface area contributed by atoms with Crippen molar-refractivity contribution in [2.24, 2.45) is 4.99 Å². The van der Waals surface area contributed by atoms with Crippen molar-refractivity contribution >= 4 is 34.4 Å². The van der Waals surface area contributed by atoms with Crippen molar-refractivity contribution in [2.45, 2.75) is 30.6 Å². The molecule has 2 amide bonds. The van der Waals surface area contributed by atoms with E-state index in [2.05, 4.69) is 15.6 Å². The second-order valence-corrected chi connectivity index (χ2v) is 6.21.